The maximum absolute atomic E-state index is 2.34. The van der Waals surface area contributed by atoms with Crippen LogP contribution in [0, 0.1) is 0 Å². The Kier molecular flexibility index (Phi) is 22.5. The fourth-order valence-electron chi connectivity index (χ4n) is 16.7. The summed E-state index contributed by atoms with van der Waals surface area (Å²) in [7, 11) is 0. The third kappa shape index (κ3) is 16.8. The van der Waals surface area contributed by atoms with Crippen LogP contribution < -0.4 is 39.2 Å². The number of hydrogen-bond donors (Lipinski definition) is 0. The topological polar surface area (TPSA) is 25.9 Å². The van der Waals surface area contributed by atoms with E-state index in [1.165, 1.54) is 16.7 Å². The first-order chi connectivity index (χ1) is 61.0. The van der Waals surface area contributed by atoms with Gasteiger partial charge in [-0.25, -0.2) is 0 Å². The van der Waals surface area contributed by atoms with Crippen molar-refractivity contribution >= 4 is 136 Å². The minimum absolute atomic E-state index is 0.0984. The molecule has 123 heavy (non-hydrogen) atoms. The summed E-state index contributed by atoms with van der Waals surface area (Å²) in [6, 6.07) is 189. The summed E-state index contributed by atoms with van der Waals surface area (Å²) in [5.41, 5.74) is 28.9. The zero-order valence-electron chi connectivity index (χ0n) is 67.9. The van der Waals surface area contributed by atoms with Gasteiger partial charge in [-0.2, -0.15) is 0 Å². The van der Waals surface area contributed by atoms with Crippen LogP contribution in [0.4, 0.5) is 136 Å². The standard InChI is InChI=1S/C115H88N8/c1-12-34-88(35-13-1)115(89-36-14-2-15-37-89)90-56-58-100(59-57-90)117(93-42-20-5-21-43-93)102-64-66-104(67-65-102)119(95-46-24-7-25-47-95)106-72-74-108(75-73-106)121(97-50-28-9-29-51-97)110-80-82-112(83-81-110)123(99-54-32-11-33-55-99)114-86-84-113(85-87-114)122(98-52-30-10-31-53-98)111-78-76-109(77-79-111)120(96-48-26-8-27-49-96)107-70-68-105(69-71-107)118(94-44-22-6-23-45-94)103-62-60-101(61-63-103)116(91-38-16-3-17-39-91)92-40-18-4-19-41-92/h1-87,115H. The smallest absolute Gasteiger partial charge is 0.0463 e. The van der Waals surface area contributed by atoms with Gasteiger partial charge in [0.15, 0.2) is 0 Å². The highest BCUT2D eigenvalue weighted by Crippen LogP contribution is 2.48. The summed E-state index contributed by atoms with van der Waals surface area (Å²) in [4.78, 5) is 18.6. The second-order valence-electron chi connectivity index (χ2n) is 30.2. The van der Waals surface area contributed by atoms with E-state index in [-0.39, 0.29) is 5.92 Å². The van der Waals surface area contributed by atoms with Crippen LogP contribution in [-0.2, 0) is 0 Å². The molecule has 19 aromatic rings. The number of nitrogens with zero attached hydrogens (tertiary/aromatic N) is 8. The van der Waals surface area contributed by atoms with Gasteiger partial charge in [-0.05, 0) is 308 Å². The van der Waals surface area contributed by atoms with Crippen molar-refractivity contribution in [2.75, 3.05) is 39.2 Å². The fraction of sp³-hybridized carbons (Fsp3) is 0.00870. The molecule has 0 bridgehead atoms. The molecule has 19 aromatic carbocycles. The van der Waals surface area contributed by atoms with Crippen molar-refractivity contribution in [3.05, 3.63) is 544 Å². The highest BCUT2D eigenvalue weighted by molar-refractivity contribution is 5.89. The van der Waals surface area contributed by atoms with E-state index >= 15 is 0 Å². The molecule has 0 heterocycles. The van der Waals surface area contributed by atoms with Gasteiger partial charge < -0.3 is 39.2 Å². The molecule has 0 aromatic heterocycles. The van der Waals surface area contributed by atoms with E-state index in [2.05, 4.69) is 567 Å². The molecule has 0 unspecified atom stereocenters. The second kappa shape index (κ2) is 36.2. The maximum Gasteiger partial charge on any atom is 0.0463 e. The average Bonchev–Trinajstić information content (AvgIpc) is 0.765. The lowest BCUT2D eigenvalue weighted by Gasteiger charge is -2.30. The molecule has 0 spiro atoms. The monoisotopic (exact) mass is 1580 g/mol. The molecule has 0 radical (unpaired) electrons. The van der Waals surface area contributed by atoms with Crippen LogP contribution in [0.1, 0.15) is 22.6 Å². The molecule has 0 fully saturated rings. The lowest BCUT2D eigenvalue weighted by atomic mass is 9.85. The summed E-state index contributed by atoms with van der Waals surface area (Å²) in [5.74, 6) is 0.0984. The van der Waals surface area contributed by atoms with Crippen LogP contribution in [-0.4, -0.2) is 0 Å². The molecule has 19 rings (SSSR count). The van der Waals surface area contributed by atoms with Crippen LogP contribution in [0.15, 0.2) is 528 Å². The number of rotatable bonds is 27. The van der Waals surface area contributed by atoms with Crippen molar-refractivity contribution in [2.24, 2.45) is 0 Å². The third-order valence-corrected chi connectivity index (χ3v) is 22.4. The minimum Gasteiger partial charge on any atom is -0.311 e. The van der Waals surface area contributed by atoms with Crippen molar-refractivity contribution in [3.8, 4) is 0 Å². The third-order valence-electron chi connectivity index (χ3n) is 22.4. The molecule has 588 valence electrons. The zero-order chi connectivity index (χ0) is 82.3. The number of hydrogen-bond acceptors (Lipinski definition) is 8. The predicted molar refractivity (Wildman–Crippen MR) is 518 cm³/mol. The van der Waals surface area contributed by atoms with E-state index in [4.69, 9.17) is 0 Å². The number of para-hydroxylation sites is 9. The molecule has 0 aliphatic carbocycles. The molecule has 0 saturated heterocycles. The maximum atomic E-state index is 2.34. The van der Waals surface area contributed by atoms with Crippen molar-refractivity contribution in [1.29, 1.82) is 0 Å². The lowest BCUT2D eigenvalue weighted by Crippen LogP contribution is -2.14. The number of benzene rings is 19. The Morgan fingerprint density at radius 3 is 0.276 bits per heavy atom. The summed E-state index contributed by atoms with van der Waals surface area (Å²) in [6.07, 6.45) is 0. The number of anilines is 24. The molecule has 8 heteroatoms. The molecular formula is C115H88N8. The van der Waals surface area contributed by atoms with Crippen molar-refractivity contribution in [1.82, 2.24) is 0 Å². The van der Waals surface area contributed by atoms with Gasteiger partial charge in [0.25, 0.3) is 0 Å². The lowest BCUT2D eigenvalue weighted by molar-refractivity contribution is 0.977. The Bertz CT molecular complexity index is 6030. The SMILES string of the molecule is c1ccc(C(c2ccccc2)c2ccc(N(c3ccccc3)c3ccc(N(c4ccccc4)c4ccc(N(c5ccccc5)c5ccc(N(c6ccccc6)c6ccc(N(c7ccccc7)c7ccc(N(c8ccccc8)c8ccc(N(c9ccccc9)c9ccc(N(c%10ccccc%10)c%10ccccc%10)cc9)cc8)cc7)cc6)cc5)cc4)cc3)cc2)cc1. The van der Waals surface area contributed by atoms with Crippen molar-refractivity contribution in [2.45, 2.75) is 5.92 Å². The highest BCUT2D eigenvalue weighted by Gasteiger charge is 2.25. The molecule has 0 aliphatic rings. The van der Waals surface area contributed by atoms with E-state index in [1.54, 1.807) is 0 Å². The van der Waals surface area contributed by atoms with E-state index in [0.29, 0.717) is 0 Å². The van der Waals surface area contributed by atoms with Gasteiger partial charge in [-0.3, -0.25) is 0 Å². The first-order valence-corrected chi connectivity index (χ1v) is 41.8. The first kappa shape index (κ1) is 76.5. The van der Waals surface area contributed by atoms with Gasteiger partial charge in [0, 0.05) is 142 Å². The summed E-state index contributed by atoms with van der Waals surface area (Å²) in [6.45, 7) is 0. The Hall–Kier alpha value is -16.4. The Morgan fingerprint density at radius 1 is 0.0813 bits per heavy atom. The van der Waals surface area contributed by atoms with Crippen LogP contribution >= 0.6 is 0 Å². The summed E-state index contributed by atoms with van der Waals surface area (Å²) >= 11 is 0. The quantitative estimate of drug-likeness (QED) is 0.0470. The average molecular weight is 1580 g/mol. The van der Waals surface area contributed by atoms with Gasteiger partial charge in [-0.15, -0.1) is 0 Å². The first-order valence-electron chi connectivity index (χ1n) is 41.8. The van der Waals surface area contributed by atoms with Crippen LogP contribution in [0.3, 0.4) is 0 Å². The molecule has 0 aliphatic heterocycles. The molecule has 0 atom stereocenters. The predicted octanol–water partition coefficient (Wildman–Crippen LogP) is 32.6. The van der Waals surface area contributed by atoms with Crippen molar-refractivity contribution < 1.29 is 0 Å². The Morgan fingerprint density at radius 2 is 0.163 bits per heavy atom. The van der Waals surface area contributed by atoms with E-state index in [1.807, 2.05) is 0 Å². The van der Waals surface area contributed by atoms with E-state index in [0.717, 1.165) is 136 Å². The van der Waals surface area contributed by atoms with E-state index in [9.17, 15) is 0 Å². The van der Waals surface area contributed by atoms with Crippen molar-refractivity contribution in [3.63, 3.8) is 0 Å². The fourth-order valence-corrected chi connectivity index (χ4v) is 16.7. The molecule has 0 N–H and O–H groups in total. The van der Waals surface area contributed by atoms with Gasteiger partial charge >= 0.3 is 0 Å². The molecule has 0 saturated carbocycles. The Balaban J connectivity index is 0.593. The van der Waals surface area contributed by atoms with Gasteiger partial charge in [0.05, 0.1) is 0 Å². The van der Waals surface area contributed by atoms with Crippen LogP contribution in [0.5, 0.6) is 0 Å². The second-order valence-corrected chi connectivity index (χ2v) is 30.2. The van der Waals surface area contributed by atoms with Gasteiger partial charge in [-0.1, -0.05) is 237 Å². The molecular weight excluding hydrogens is 1490 g/mol. The summed E-state index contributed by atoms with van der Waals surface area (Å²) < 4.78 is 0. The molecule has 8 nitrogen and oxygen atoms in total. The normalized spacial score (nSPS) is 11.0. The van der Waals surface area contributed by atoms with Gasteiger partial charge in [0.1, 0.15) is 0 Å². The van der Waals surface area contributed by atoms with Crippen LogP contribution in [0.2, 0.25) is 0 Å². The molecule has 0 amide bonds. The van der Waals surface area contributed by atoms with Crippen LogP contribution in [0.25, 0.3) is 0 Å². The Labute approximate surface area is 721 Å². The largest absolute Gasteiger partial charge is 0.311 e. The van der Waals surface area contributed by atoms with E-state index < -0.39 is 0 Å². The van der Waals surface area contributed by atoms with Gasteiger partial charge in [0.2, 0.25) is 0 Å². The minimum atomic E-state index is 0.0984. The zero-order valence-corrected chi connectivity index (χ0v) is 67.9. The summed E-state index contributed by atoms with van der Waals surface area (Å²) in [5, 5.41) is 0. The highest BCUT2D eigenvalue weighted by atomic mass is 15.2.